The van der Waals surface area contributed by atoms with Gasteiger partial charge >= 0.3 is 5.97 Å². The highest BCUT2D eigenvalue weighted by Crippen LogP contribution is 2.09. The van der Waals surface area contributed by atoms with Crippen molar-refractivity contribution in [2.24, 2.45) is 5.92 Å². The first-order valence-electron chi connectivity index (χ1n) is 5.88. The van der Waals surface area contributed by atoms with E-state index in [2.05, 4.69) is 13.8 Å². The fraction of sp³-hybridized carbons (Fsp3) is 0.500. The van der Waals surface area contributed by atoms with Crippen LogP contribution in [0.15, 0.2) is 24.3 Å². The predicted molar refractivity (Wildman–Crippen MR) is 66.9 cm³/mol. The number of methoxy groups -OCH3 is 1. The Kier molecular flexibility index (Phi) is 5.70. The number of hydrogen-bond acceptors (Lipinski definition) is 3. The van der Waals surface area contributed by atoms with E-state index < -0.39 is 0 Å². The van der Waals surface area contributed by atoms with Crippen molar-refractivity contribution >= 4 is 5.97 Å². The monoisotopic (exact) mass is 236 g/mol. The Balaban J connectivity index is 2.53. The number of benzene rings is 1. The second-order valence-electron chi connectivity index (χ2n) is 4.45. The first kappa shape index (κ1) is 13.7. The number of ether oxygens (including phenoxy) is 2. The molecule has 17 heavy (non-hydrogen) atoms. The van der Waals surface area contributed by atoms with Crippen molar-refractivity contribution in [3.8, 4) is 0 Å². The minimum atomic E-state index is -0.261. The van der Waals surface area contributed by atoms with Gasteiger partial charge in [0.15, 0.2) is 0 Å². The van der Waals surface area contributed by atoms with Gasteiger partial charge in [-0.2, -0.15) is 0 Å². The average Bonchev–Trinajstić information content (AvgIpc) is 2.29. The molecule has 1 rings (SSSR count). The predicted octanol–water partition coefficient (Wildman–Crippen LogP) is 3.04. The average molecular weight is 236 g/mol. The van der Waals surface area contributed by atoms with E-state index in [1.807, 2.05) is 12.1 Å². The van der Waals surface area contributed by atoms with Crippen molar-refractivity contribution in [2.45, 2.75) is 26.9 Å². The summed E-state index contributed by atoms with van der Waals surface area (Å²) in [6, 6.07) is 7.33. The molecule has 94 valence electrons. The summed E-state index contributed by atoms with van der Waals surface area (Å²) < 4.78 is 10.2. The van der Waals surface area contributed by atoms with Crippen LogP contribution < -0.4 is 0 Å². The Morgan fingerprint density at radius 2 is 2.12 bits per heavy atom. The van der Waals surface area contributed by atoms with Crippen molar-refractivity contribution in [3.63, 3.8) is 0 Å². The summed E-state index contributed by atoms with van der Waals surface area (Å²) in [5.41, 5.74) is 1.56. The largest absolute Gasteiger partial charge is 0.462 e. The maximum atomic E-state index is 11.7. The maximum absolute atomic E-state index is 11.7. The summed E-state index contributed by atoms with van der Waals surface area (Å²) in [6.07, 6.45) is 0.892. The maximum Gasteiger partial charge on any atom is 0.338 e. The molecule has 3 nitrogen and oxygen atoms in total. The molecule has 0 unspecified atom stereocenters. The lowest BCUT2D eigenvalue weighted by Gasteiger charge is -2.07. The molecule has 0 aromatic heterocycles. The van der Waals surface area contributed by atoms with Crippen LogP contribution in [0.25, 0.3) is 0 Å². The molecule has 0 bridgehead atoms. The number of hydrogen-bond donors (Lipinski definition) is 0. The van der Waals surface area contributed by atoms with E-state index in [0.717, 1.165) is 12.0 Å². The Morgan fingerprint density at radius 1 is 1.35 bits per heavy atom. The number of rotatable bonds is 6. The minimum absolute atomic E-state index is 0.261. The molecular formula is C14H20O3. The van der Waals surface area contributed by atoms with E-state index in [1.54, 1.807) is 19.2 Å². The molecule has 0 aliphatic carbocycles. The molecule has 1 aromatic rings. The molecule has 0 amide bonds. The van der Waals surface area contributed by atoms with Crippen LogP contribution in [-0.2, 0) is 16.1 Å². The molecule has 0 fully saturated rings. The Bertz CT molecular complexity index is 358. The zero-order valence-electron chi connectivity index (χ0n) is 10.7. The van der Waals surface area contributed by atoms with Crippen molar-refractivity contribution in [3.05, 3.63) is 35.4 Å². The molecule has 0 saturated heterocycles. The number of carbonyl (C=O) groups is 1. The summed E-state index contributed by atoms with van der Waals surface area (Å²) in [5, 5.41) is 0. The summed E-state index contributed by atoms with van der Waals surface area (Å²) in [7, 11) is 1.63. The van der Waals surface area contributed by atoms with Crippen molar-refractivity contribution in [2.75, 3.05) is 13.7 Å². The molecule has 0 spiro atoms. The SMILES string of the molecule is COCc1cccc(C(=O)OCCC(C)C)c1. The summed E-state index contributed by atoms with van der Waals surface area (Å²) in [5.74, 6) is 0.284. The van der Waals surface area contributed by atoms with E-state index in [9.17, 15) is 4.79 Å². The zero-order valence-corrected chi connectivity index (χ0v) is 10.7. The Labute approximate surface area is 103 Å². The molecule has 0 atom stereocenters. The number of carbonyl (C=O) groups excluding carboxylic acids is 1. The summed E-state index contributed by atoms with van der Waals surface area (Å²) in [4.78, 5) is 11.7. The third kappa shape index (κ3) is 5.00. The van der Waals surface area contributed by atoms with Gasteiger partial charge in [0.2, 0.25) is 0 Å². The normalized spacial score (nSPS) is 10.6. The highest BCUT2D eigenvalue weighted by atomic mass is 16.5. The second kappa shape index (κ2) is 7.07. The summed E-state index contributed by atoms with van der Waals surface area (Å²) in [6.45, 7) is 5.19. The highest BCUT2D eigenvalue weighted by molar-refractivity contribution is 5.89. The molecule has 3 heteroatoms. The van der Waals surface area contributed by atoms with E-state index in [1.165, 1.54) is 0 Å². The van der Waals surface area contributed by atoms with Crippen LogP contribution in [0.1, 0.15) is 36.2 Å². The molecule has 0 radical (unpaired) electrons. The van der Waals surface area contributed by atoms with Gasteiger partial charge in [0.25, 0.3) is 0 Å². The molecule has 0 N–H and O–H groups in total. The van der Waals surface area contributed by atoms with Gasteiger partial charge in [-0.1, -0.05) is 26.0 Å². The third-order valence-corrected chi connectivity index (χ3v) is 2.40. The van der Waals surface area contributed by atoms with Crippen LogP contribution in [0.4, 0.5) is 0 Å². The standard InChI is InChI=1S/C14H20O3/c1-11(2)7-8-17-14(15)13-6-4-5-12(9-13)10-16-3/h4-6,9,11H,7-8,10H2,1-3H3. The third-order valence-electron chi connectivity index (χ3n) is 2.40. The molecule has 0 heterocycles. The van der Waals surface area contributed by atoms with Crippen molar-refractivity contribution in [1.29, 1.82) is 0 Å². The van der Waals surface area contributed by atoms with E-state index >= 15 is 0 Å². The fourth-order valence-electron chi connectivity index (χ4n) is 1.43. The second-order valence-corrected chi connectivity index (χ2v) is 4.45. The van der Waals surface area contributed by atoms with Crippen LogP contribution in [0.3, 0.4) is 0 Å². The van der Waals surface area contributed by atoms with Gasteiger partial charge in [-0.3, -0.25) is 0 Å². The van der Waals surface area contributed by atoms with E-state index in [0.29, 0.717) is 24.7 Å². The van der Waals surface area contributed by atoms with Crippen LogP contribution in [0.5, 0.6) is 0 Å². The van der Waals surface area contributed by atoms with Crippen LogP contribution in [-0.4, -0.2) is 19.7 Å². The minimum Gasteiger partial charge on any atom is -0.462 e. The van der Waals surface area contributed by atoms with Gasteiger partial charge in [-0.25, -0.2) is 4.79 Å². The zero-order chi connectivity index (χ0) is 12.7. The van der Waals surface area contributed by atoms with E-state index in [-0.39, 0.29) is 5.97 Å². The van der Waals surface area contributed by atoms with Gasteiger partial charge in [0.1, 0.15) is 0 Å². The van der Waals surface area contributed by atoms with Crippen molar-refractivity contribution in [1.82, 2.24) is 0 Å². The topological polar surface area (TPSA) is 35.5 Å². The number of esters is 1. The van der Waals surface area contributed by atoms with Crippen molar-refractivity contribution < 1.29 is 14.3 Å². The smallest absolute Gasteiger partial charge is 0.338 e. The van der Waals surface area contributed by atoms with Gasteiger partial charge in [0.05, 0.1) is 18.8 Å². The van der Waals surface area contributed by atoms with Gasteiger partial charge in [-0.15, -0.1) is 0 Å². The first-order valence-corrected chi connectivity index (χ1v) is 5.88. The molecule has 0 aliphatic heterocycles. The summed E-state index contributed by atoms with van der Waals surface area (Å²) >= 11 is 0. The molecule has 1 aromatic carbocycles. The lowest BCUT2D eigenvalue weighted by atomic mass is 10.1. The van der Waals surface area contributed by atoms with Gasteiger partial charge in [0, 0.05) is 7.11 Å². The quantitative estimate of drug-likeness (QED) is 0.712. The lowest BCUT2D eigenvalue weighted by molar-refractivity contribution is 0.0488. The van der Waals surface area contributed by atoms with Gasteiger partial charge < -0.3 is 9.47 Å². The molecular weight excluding hydrogens is 216 g/mol. The van der Waals surface area contributed by atoms with Gasteiger partial charge in [-0.05, 0) is 30.0 Å². The van der Waals surface area contributed by atoms with Crippen LogP contribution in [0.2, 0.25) is 0 Å². The molecule has 0 aliphatic rings. The first-order chi connectivity index (χ1) is 8.13. The van der Waals surface area contributed by atoms with E-state index in [4.69, 9.17) is 9.47 Å². The van der Waals surface area contributed by atoms with Crippen LogP contribution >= 0.6 is 0 Å². The molecule has 0 saturated carbocycles. The fourth-order valence-corrected chi connectivity index (χ4v) is 1.43. The Hall–Kier alpha value is -1.35. The Morgan fingerprint density at radius 3 is 2.76 bits per heavy atom. The van der Waals surface area contributed by atoms with Crippen LogP contribution in [0, 0.1) is 5.92 Å². The lowest BCUT2D eigenvalue weighted by Crippen LogP contribution is -2.08. The highest BCUT2D eigenvalue weighted by Gasteiger charge is 2.07.